The molecule has 2 N–H and O–H groups in total. The molecule has 0 saturated carbocycles. The van der Waals surface area contributed by atoms with E-state index in [1.807, 2.05) is 19.1 Å². The van der Waals surface area contributed by atoms with E-state index in [-0.39, 0.29) is 11.7 Å². The van der Waals surface area contributed by atoms with Crippen LogP contribution in [0.2, 0.25) is 0 Å². The Bertz CT molecular complexity index is 711. The average molecular weight is 299 g/mol. The van der Waals surface area contributed by atoms with Crippen LogP contribution in [0, 0.1) is 19.7 Å². The van der Waals surface area contributed by atoms with E-state index in [1.54, 1.807) is 31.5 Å². The molecule has 0 saturated heterocycles. The van der Waals surface area contributed by atoms with Crippen molar-refractivity contribution in [3.05, 3.63) is 71.1 Å². The molecule has 0 radical (unpaired) electrons. The van der Waals surface area contributed by atoms with Crippen LogP contribution in [0.4, 0.5) is 4.39 Å². The number of halogens is 1. The number of benzene rings is 1. The van der Waals surface area contributed by atoms with Gasteiger partial charge in [-0.3, -0.25) is 9.98 Å². The number of rotatable bonds is 5. The maximum Gasteiger partial charge on any atom is 0.192 e. The summed E-state index contributed by atoms with van der Waals surface area (Å²) in [4.78, 5) is 8.40. The SMILES string of the molecule is Cc1ccnc(CN=C/C=C(\N)Oc2ccc(C)c(F)c2)c1. The van der Waals surface area contributed by atoms with E-state index in [2.05, 4.69) is 9.98 Å². The van der Waals surface area contributed by atoms with Gasteiger partial charge < -0.3 is 10.5 Å². The van der Waals surface area contributed by atoms with E-state index in [9.17, 15) is 4.39 Å². The topological polar surface area (TPSA) is 60.5 Å². The molecule has 2 aromatic rings. The van der Waals surface area contributed by atoms with Crippen LogP contribution < -0.4 is 10.5 Å². The van der Waals surface area contributed by atoms with Crippen molar-refractivity contribution < 1.29 is 9.13 Å². The Kier molecular flexibility index (Phi) is 5.25. The maximum atomic E-state index is 13.4. The highest BCUT2D eigenvalue weighted by atomic mass is 19.1. The second-order valence-electron chi connectivity index (χ2n) is 4.90. The van der Waals surface area contributed by atoms with E-state index in [0.29, 0.717) is 17.9 Å². The number of aromatic nitrogens is 1. The van der Waals surface area contributed by atoms with Crippen molar-refractivity contribution in [3.63, 3.8) is 0 Å². The van der Waals surface area contributed by atoms with E-state index in [1.165, 1.54) is 12.1 Å². The Morgan fingerprint density at radius 1 is 1.32 bits per heavy atom. The summed E-state index contributed by atoms with van der Waals surface area (Å²) >= 11 is 0. The van der Waals surface area contributed by atoms with E-state index < -0.39 is 0 Å². The van der Waals surface area contributed by atoms with E-state index in [0.717, 1.165) is 11.3 Å². The van der Waals surface area contributed by atoms with Crippen molar-refractivity contribution in [3.8, 4) is 5.75 Å². The molecule has 0 bridgehead atoms. The van der Waals surface area contributed by atoms with Gasteiger partial charge in [-0.15, -0.1) is 0 Å². The van der Waals surface area contributed by atoms with Crippen LogP contribution in [0.25, 0.3) is 0 Å². The van der Waals surface area contributed by atoms with E-state index >= 15 is 0 Å². The fourth-order valence-electron chi connectivity index (χ4n) is 1.76. The minimum atomic E-state index is -0.329. The summed E-state index contributed by atoms with van der Waals surface area (Å²) in [6, 6.07) is 8.49. The van der Waals surface area contributed by atoms with Crippen molar-refractivity contribution in [2.24, 2.45) is 10.7 Å². The predicted molar refractivity (Wildman–Crippen MR) is 85.2 cm³/mol. The molecule has 0 amide bonds. The van der Waals surface area contributed by atoms with E-state index in [4.69, 9.17) is 10.5 Å². The molecule has 0 aliphatic heterocycles. The van der Waals surface area contributed by atoms with Crippen LogP contribution in [-0.4, -0.2) is 11.2 Å². The molecule has 0 unspecified atom stereocenters. The van der Waals surface area contributed by atoms with Crippen molar-refractivity contribution >= 4 is 6.21 Å². The summed E-state index contributed by atoms with van der Waals surface area (Å²) in [7, 11) is 0. The van der Waals surface area contributed by atoms with Gasteiger partial charge in [0.15, 0.2) is 5.88 Å². The van der Waals surface area contributed by atoms with Crippen LogP contribution >= 0.6 is 0 Å². The summed E-state index contributed by atoms with van der Waals surface area (Å²) in [6.45, 7) is 4.15. The summed E-state index contributed by atoms with van der Waals surface area (Å²) in [5.41, 5.74) is 8.28. The molecule has 4 nitrogen and oxygen atoms in total. The van der Waals surface area contributed by atoms with Crippen LogP contribution in [-0.2, 0) is 6.54 Å². The number of aryl methyl sites for hydroxylation is 2. The molecular weight excluding hydrogens is 281 g/mol. The zero-order chi connectivity index (χ0) is 15.9. The third-order valence-corrected chi connectivity index (χ3v) is 2.95. The van der Waals surface area contributed by atoms with Crippen LogP contribution in [0.3, 0.4) is 0 Å². The van der Waals surface area contributed by atoms with Gasteiger partial charge in [-0.1, -0.05) is 6.07 Å². The van der Waals surface area contributed by atoms with Crippen LogP contribution in [0.15, 0.2) is 53.5 Å². The second-order valence-corrected chi connectivity index (χ2v) is 4.90. The summed E-state index contributed by atoms with van der Waals surface area (Å²) < 4.78 is 18.7. The molecule has 2 rings (SSSR count). The smallest absolute Gasteiger partial charge is 0.192 e. The van der Waals surface area contributed by atoms with Gasteiger partial charge in [0.05, 0.1) is 12.2 Å². The quantitative estimate of drug-likeness (QED) is 0.681. The van der Waals surface area contributed by atoms with Gasteiger partial charge in [0.1, 0.15) is 11.6 Å². The van der Waals surface area contributed by atoms with Gasteiger partial charge in [0, 0.05) is 24.6 Å². The monoisotopic (exact) mass is 299 g/mol. The standard InChI is InChI=1S/C17H18FN3O/c1-12-5-8-21-14(9-12)11-20-7-6-17(19)22-15-4-3-13(2)16(18)10-15/h3-10H,11,19H2,1-2H3/b17-6+,20-7?. The van der Waals surface area contributed by atoms with Crippen LogP contribution in [0.1, 0.15) is 16.8 Å². The Hall–Kier alpha value is -2.69. The largest absolute Gasteiger partial charge is 0.441 e. The lowest BCUT2D eigenvalue weighted by Crippen LogP contribution is -2.06. The van der Waals surface area contributed by atoms with Gasteiger partial charge in [-0.25, -0.2) is 4.39 Å². The van der Waals surface area contributed by atoms with Gasteiger partial charge in [0.25, 0.3) is 0 Å². The maximum absolute atomic E-state index is 13.4. The Labute approximate surface area is 129 Å². The predicted octanol–water partition coefficient (Wildman–Crippen LogP) is 3.29. The number of pyridine rings is 1. The number of aliphatic imine (C=N–C) groups is 1. The van der Waals surface area contributed by atoms with Gasteiger partial charge >= 0.3 is 0 Å². The Morgan fingerprint density at radius 2 is 2.14 bits per heavy atom. The number of hydrogen-bond donors (Lipinski definition) is 1. The van der Waals surface area contributed by atoms with Gasteiger partial charge in [-0.2, -0.15) is 0 Å². The Balaban J connectivity index is 1.91. The molecule has 0 spiro atoms. The first-order valence-corrected chi connectivity index (χ1v) is 6.86. The average Bonchev–Trinajstić information content (AvgIpc) is 2.48. The lowest BCUT2D eigenvalue weighted by molar-refractivity contribution is 0.417. The third-order valence-electron chi connectivity index (χ3n) is 2.95. The second kappa shape index (κ2) is 7.36. The van der Waals surface area contributed by atoms with Crippen molar-refractivity contribution in [2.45, 2.75) is 20.4 Å². The summed E-state index contributed by atoms with van der Waals surface area (Å²) in [6.07, 6.45) is 4.82. The zero-order valence-electron chi connectivity index (χ0n) is 12.6. The summed E-state index contributed by atoms with van der Waals surface area (Å²) in [5.74, 6) is 0.166. The highest BCUT2D eigenvalue weighted by Gasteiger charge is 2.01. The van der Waals surface area contributed by atoms with Crippen LogP contribution in [0.5, 0.6) is 5.75 Å². The molecule has 0 aliphatic carbocycles. The first-order valence-electron chi connectivity index (χ1n) is 6.86. The molecule has 0 atom stereocenters. The molecule has 114 valence electrons. The molecule has 0 aliphatic rings. The fourth-order valence-corrected chi connectivity index (χ4v) is 1.76. The molecule has 22 heavy (non-hydrogen) atoms. The molecule has 1 aromatic carbocycles. The lowest BCUT2D eigenvalue weighted by Gasteiger charge is -2.05. The number of allylic oxidation sites excluding steroid dienone is 1. The van der Waals surface area contributed by atoms with Crippen molar-refractivity contribution in [2.75, 3.05) is 0 Å². The van der Waals surface area contributed by atoms with Crippen molar-refractivity contribution in [1.29, 1.82) is 0 Å². The normalized spacial score (nSPS) is 11.9. The highest BCUT2D eigenvalue weighted by molar-refractivity contribution is 5.71. The zero-order valence-corrected chi connectivity index (χ0v) is 12.6. The molecular formula is C17H18FN3O. The molecule has 1 aromatic heterocycles. The van der Waals surface area contributed by atoms with Gasteiger partial charge in [-0.05, 0) is 43.2 Å². The minimum Gasteiger partial charge on any atom is -0.441 e. The third kappa shape index (κ3) is 4.70. The molecule has 1 heterocycles. The first-order chi connectivity index (χ1) is 10.5. The molecule has 5 heteroatoms. The van der Waals surface area contributed by atoms with Gasteiger partial charge in [0.2, 0.25) is 0 Å². The van der Waals surface area contributed by atoms with Crippen molar-refractivity contribution in [1.82, 2.24) is 4.98 Å². The fraction of sp³-hybridized carbons (Fsp3) is 0.176. The number of hydrogen-bond acceptors (Lipinski definition) is 4. The number of ether oxygens (including phenoxy) is 1. The number of nitrogens with zero attached hydrogens (tertiary/aromatic N) is 2. The first kappa shape index (κ1) is 15.7. The summed E-state index contributed by atoms with van der Waals surface area (Å²) in [5, 5.41) is 0. The Morgan fingerprint density at radius 3 is 2.86 bits per heavy atom. The number of nitrogens with two attached hydrogens (primary N) is 1. The molecule has 0 fully saturated rings. The lowest BCUT2D eigenvalue weighted by atomic mass is 10.2. The highest BCUT2D eigenvalue weighted by Crippen LogP contribution is 2.16. The minimum absolute atomic E-state index is 0.143.